The maximum Gasteiger partial charge on any atom is 0.0184 e. The molecule has 1 N–H and O–H groups in total. The zero-order valence-corrected chi connectivity index (χ0v) is 14.6. The summed E-state index contributed by atoms with van der Waals surface area (Å²) in [7, 11) is 0. The molecule has 0 bridgehead atoms. The summed E-state index contributed by atoms with van der Waals surface area (Å²) in [5.41, 5.74) is 0. The zero-order valence-electron chi connectivity index (χ0n) is 13.7. The van der Waals surface area contributed by atoms with Crippen LogP contribution in [0, 0.1) is 5.92 Å². The van der Waals surface area contributed by atoms with E-state index >= 15 is 0 Å². The molecule has 2 rings (SSSR count). The highest BCUT2D eigenvalue weighted by Gasteiger charge is 2.30. The minimum atomic E-state index is 0.754. The van der Waals surface area contributed by atoms with Crippen molar-refractivity contribution in [2.75, 3.05) is 25.4 Å². The van der Waals surface area contributed by atoms with Gasteiger partial charge in [0.15, 0.2) is 0 Å². The summed E-state index contributed by atoms with van der Waals surface area (Å²) < 4.78 is 0. The van der Waals surface area contributed by atoms with Crippen molar-refractivity contribution in [2.24, 2.45) is 5.92 Å². The smallest absolute Gasteiger partial charge is 0.0184 e. The quantitative estimate of drug-likeness (QED) is 0.778. The molecular formula is C17H34N2S. The van der Waals surface area contributed by atoms with Gasteiger partial charge in [-0.1, -0.05) is 33.1 Å². The molecule has 0 spiro atoms. The Kier molecular flexibility index (Phi) is 7.20. The van der Waals surface area contributed by atoms with Gasteiger partial charge >= 0.3 is 0 Å². The van der Waals surface area contributed by atoms with E-state index in [4.69, 9.17) is 0 Å². The molecule has 1 saturated heterocycles. The van der Waals surface area contributed by atoms with Gasteiger partial charge in [-0.25, -0.2) is 0 Å². The Hall–Kier alpha value is 0.270. The Balaban J connectivity index is 1.92. The average molecular weight is 299 g/mol. The van der Waals surface area contributed by atoms with Crippen molar-refractivity contribution in [3.05, 3.63) is 0 Å². The lowest BCUT2D eigenvalue weighted by Gasteiger charge is -2.41. The highest BCUT2D eigenvalue weighted by Crippen LogP contribution is 2.29. The maximum absolute atomic E-state index is 3.85. The number of nitrogens with one attached hydrogen (secondary N) is 1. The van der Waals surface area contributed by atoms with Crippen LogP contribution < -0.4 is 5.32 Å². The second-order valence-electron chi connectivity index (χ2n) is 6.77. The number of nitrogens with zero attached hydrogens (tertiary/aromatic N) is 1. The van der Waals surface area contributed by atoms with Gasteiger partial charge < -0.3 is 5.32 Å². The van der Waals surface area contributed by atoms with E-state index in [1.807, 2.05) is 0 Å². The summed E-state index contributed by atoms with van der Waals surface area (Å²) in [6, 6.07) is 1.53. The predicted octanol–water partition coefficient (Wildman–Crippen LogP) is 3.76. The molecule has 118 valence electrons. The lowest BCUT2D eigenvalue weighted by molar-refractivity contribution is 0.155. The highest BCUT2D eigenvalue weighted by molar-refractivity contribution is 8.00. The Bertz CT molecular complexity index is 272. The van der Waals surface area contributed by atoms with Crippen molar-refractivity contribution in [1.29, 1.82) is 0 Å². The van der Waals surface area contributed by atoms with Crippen LogP contribution in [0.25, 0.3) is 0 Å². The van der Waals surface area contributed by atoms with Gasteiger partial charge in [0.25, 0.3) is 0 Å². The van der Waals surface area contributed by atoms with Crippen LogP contribution in [-0.2, 0) is 0 Å². The van der Waals surface area contributed by atoms with Crippen molar-refractivity contribution in [3.63, 3.8) is 0 Å². The third-order valence-corrected chi connectivity index (χ3v) is 6.64. The van der Waals surface area contributed by atoms with Gasteiger partial charge in [0.2, 0.25) is 0 Å². The van der Waals surface area contributed by atoms with Gasteiger partial charge in [-0.3, -0.25) is 4.90 Å². The lowest BCUT2D eigenvalue weighted by atomic mass is 9.93. The van der Waals surface area contributed by atoms with E-state index in [1.165, 1.54) is 63.9 Å². The van der Waals surface area contributed by atoms with Gasteiger partial charge in [-0.05, 0) is 38.6 Å². The van der Waals surface area contributed by atoms with E-state index in [0.29, 0.717) is 0 Å². The van der Waals surface area contributed by atoms with Crippen LogP contribution in [0.2, 0.25) is 0 Å². The summed E-state index contributed by atoms with van der Waals surface area (Å²) in [6.45, 7) is 10.9. The highest BCUT2D eigenvalue weighted by atomic mass is 32.2. The lowest BCUT2D eigenvalue weighted by Crippen LogP contribution is -2.50. The molecule has 3 heteroatoms. The minimum Gasteiger partial charge on any atom is -0.314 e. The van der Waals surface area contributed by atoms with Gasteiger partial charge in [-0.15, -0.1) is 0 Å². The van der Waals surface area contributed by atoms with Crippen LogP contribution in [-0.4, -0.2) is 47.6 Å². The molecular weight excluding hydrogens is 264 g/mol. The Morgan fingerprint density at radius 2 is 1.95 bits per heavy atom. The second kappa shape index (κ2) is 8.65. The van der Waals surface area contributed by atoms with E-state index in [1.54, 1.807) is 0 Å². The molecule has 1 heterocycles. The van der Waals surface area contributed by atoms with E-state index in [9.17, 15) is 0 Å². The molecule has 1 aliphatic heterocycles. The molecule has 0 aromatic heterocycles. The van der Waals surface area contributed by atoms with Crippen molar-refractivity contribution in [2.45, 2.75) is 76.6 Å². The molecule has 0 aromatic rings. The van der Waals surface area contributed by atoms with Gasteiger partial charge in [0.05, 0.1) is 0 Å². The minimum absolute atomic E-state index is 0.754. The SMILES string of the molecule is CCCNC1CCCCCC1CN1CCSC(C)C1C. The summed E-state index contributed by atoms with van der Waals surface area (Å²) >= 11 is 2.15. The van der Waals surface area contributed by atoms with Gasteiger partial charge in [0, 0.05) is 36.2 Å². The third-order valence-electron chi connectivity index (χ3n) is 5.30. The monoisotopic (exact) mass is 298 g/mol. The fraction of sp³-hybridized carbons (Fsp3) is 1.00. The summed E-state index contributed by atoms with van der Waals surface area (Å²) in [6.07, 6.45) is 8.42. The number of rotatable bonds is 5. The third kappa shape index (κ3) is 4.64. The van der Waals surface area contributed by atoms with E-state index in [0.717, 1.165) is 23.3 Å². The van der Waals surface area contributed by atoms with Crippen molar-refractivity contribution in [3.8, 4) is 0 Å². The first kappa shape index (κ1) is 16.6. The molecule has 4 atom stereocenters. The molecule has 20 heavy (non-hydrogen) atoms. The molecule has 0 radical (unpaired) electrons. The molecule has 1 aliphatic carbocycles. The topological polar surface area (TPSA) is 15.3 Å². The maximum atomic E-state index is 3.85. The van der Waals surface area contributed by atoms with Crippen LogP contribution in [0.4, 0.5) is 0 Å². The fourth-order valence-corrected chi connectivity index (χ4v) is 4.92. The largest absolute Gasteiger partial charge is 0.314 e. The zero-order chi connectivity index (χ0) is 14.4. The predicted molar refractivity (Wildman–Crippen MR) is 91.6 cm³/mol. The summed E-state index contributed by atoms with van der Waals surface area (Å²) in [5, 5.41) is 4.65. The van der Waals surface area contributed by atoms with E-state index in [2.05, 4.69) is 42.7 Å². The number of hydrogen-bond acceptors (Lipinski definition) is 3. The molecule has 4 unspecified atom stereocenters. The van der Waals surface area contributed by atoms with E-state index in [-0.39, 0.29) is 0 Å². The normalized spacial score (nSPS) is 36.8. The Morgan fingerprint density at radius 3 is 2.75 bits per heavy atom. The molecule has 1 saturated carbocycles. The average Bonchev–Trinajstić information content (AvgIpc) is 2.67. The molecule has 0 amide bonds. The molecule has 2 aliphatic rings. The van der Waals surface area contributed by atoms with Crippen LogP contribution in [0.5, 0.6) is 0 Å². The first-order valence-corrected chi connectivity index (χ1v) is 9.86. The van der Waals surface area contributed by atoms with Crippen molar-refractivity contribution >= 4 is 11.8 Å². The van der Waals surface area contributed by atoms with Crippen LogP contribution in [0.1, 0.15) is 59.3 Å². The van der Waals surface area contributed by atoms with Gasteiger partial charge in [-0.2, -0.15) is 11.8 Å². The second-order valence-corrected chi connectivity index (χ2v) is 8.26. The molecule has 2 nitrogen and oxygen atoms in total. The van der Waals surface area contributed by atoms with E-state index < -0.39 is 0 Å². The van der Waals surface area contributed by atoms with Gasteiger partial charge in [0.1, 0.15) is 0 Å². The fourth-order valence-electron chi connectivity index (χ4n) is 3.76. The van der Waals surface area contributed by atoms with Crippen LogP contribution in [0.15, 0.2) is 0 Å². The van der Waals surface area contributed by atoms with Crippen molar-refractivity contribution < 1.29 is 0 Å². The Labute approximate surface area is 130 Å². The van der Waals surface area contributed by atoms with Crippen LogP contribution in [0.3, 0.4) is 0 Å². The standard InChI is InChI=1S/C17H34N2S/c1-4-10-18-17-9-7-5-6-8-16(17)13-19-11-12-20-15(3)14(19)2/h14-18H,4-13H2,1-3H3. The first-order chi connectivity index (χ1) is 9.72. The Morgan fingerprint density at radius 1 is 1.15 bits per heavy atom. The number of hydrogen-bond donors (Lipinski definition) is 1. The summed E-state index contributed by atoms with van der Waals surface area (Å²) in [5.74, 6) is 2.20. The first-order valence-electron chi connectivity index (χ1n) is 8.81. The van der Waals surface area contributed by atoms with Crippen molar-refractivity contribution in [1.82, 2.24) is 10.2 Å². The summed E-state index contributed by atoms with van der Waals surface area (Å²) in [4.78, 5) is 2.78. The molecule has 0 aromatic carbocycles. The molecule has 2 fully saturated rings. The number of thioether (sulfide) groups is 1. The van der Waals surface area contributed by atoms with Crippen LogP contribution >= 0.6 is 11.8 Å².